The fourth-order valence-corrected chi connectivity index (χ4v) is 2.56. The zero-order valence-electron chi connectivity index (χ0n) is 13.9. The van der Waals surface area contributed by atoms with Gasteiger partial charge in [0.1, 0.15) is 17.7 Å². The van der Waals surface area contributed by atoms with E-state index in [0.717, 1.165) is 18.4 Å². The molecule has 0 saturated carbocycles. The van der Waals surface area contributed by atoms with Gasteiger partial charge in [0, 0.05) is 18.3 Å². The van der Waals surface area contributed by atoms with Gasteiger partial charge in [0.15, 0.2) is 0 Å². The molecule has 0 radical (unpaired) electrons. The van der Waals surface area contributed by atoms with E-state index in [2.05, 4.69) is 44.6 Å². The van der Waals surface area contributed by atoms with Crippen LogP contribution in [0.3, 0.4) is 0 Å². The van der Waals surface area contributed by atoms with E-state index >= 15 is 0 Å². The molecule has 21 heavy (non-hydrogen) atoms. The minimum absolute atomic E-state index is 0.115. The van der Waals surface area contributed by atoms with E-state index in [1.165, 1.54) is 0 Å². The highest BCUT2D eigenvalue weighted by molar-refractivity contribution is 5.45. The molecule has 0 aromatic carbocycles. The third-order valence-corrected chi connectivity index (χ3v) is 3.74. The first-order chi connectivity index (χ1) is 9.66. The van der Waals surface area contributed by atoms with Crippen LogP contribution in [0.15, 0.2) is 0 Å². The van der Waals surface area contributed by atoms with E-state index in [9.17, 15) is 0 Å². The zero-order chi connectivity index (χ0) is 15.8. The third kappa shape index (κ3) is 3.84. The average Bonchev–Trinajstić information content (AvgIpc) is 2.32. The largest absolute Gasteiger partial charge is 0.474 e. The molecule has 0 bridgehead atoms. The predicted molar refractivity (Wildman–Crippen MR) is 83.5 cm³/mol. The summed E-state index contributed by atoms with van der Waals surface area (Å²) >= 11 is 0. The van der Waals surface area contributed by atoms with E-state index in [1.807, 2.05) is 6.92 Å². The summed E-state index contributed by atoms with van der Waals surface area (Å²) in [5.41, 5.74) is 6.68. The maximum Gasteiger partial charge on any atom is 0.222 e. The lowest BCUT2D eigenvalue weighted by Gasteiger charge is -2.32. The van der Waals surface area contributed by atoms with Crippen LogP contribution in [0.2, 0.25) is 0 Å². The van der Waals surface area contributed by atoms with Crippen molar-refractivity contribution < 1.29 is 9.47 Å². The Morgan fingerprint density at radius 1 is 1.14 bits per heavy atom. The van der Waals surface area contributed by atoms with Crippen LogP contribution in [0.25, 0.3) is 0 Å². The van der Waals surface area contributed by atoms with Crippen molar-refractivity contribution in [2.24, 2.45) is 0 Å². The number of hydrogen-bond donors (Lipinski definition) is 1. The molecular weight excluding hydrogens is 266 g/mol. The molecule has 1 saturated heterocycles. The number of hydrogen-bond acceptors (Lipinski definition) is 5. The number of ether oxygens (including phenoxy) is 2. The highest BCUT2D eigenvalue weighted by Gasteiger charge is 2.28. The van der Waals surface area contributed by atoms with Gasteiger partial charge in [-0.25, -0.2) is 4.98 Å². The Kier molecular flexibility index (Phi) is 4.42. The molecule has 2 N–H and O–H groups in total. The van der Waals surface area contributed by atoms with Crippen molar-refractivity contribution in [3.8, 4) is 5.88 Å². The van der Waals surface area contributed by atoms with E-state index in [4.69, 9.17) is 15.2 Å². The number of aromatic nitrogens is 2. The molecule has 1 aromatic rings. The van der Waals surface area contributed by atoms with E-state index < -0.39 is 0 Å². The van der Waals surface area contributed by atoms with Gasteiger partial charge in [-0.05, 0) is 20.8 Å². The number of nitrogens with two attached hydrogens (primary N) is 1. The normalized spacial score (nSPS) is 26.7. The lowest BCUT2D eigenvalue weighted by atomic mass is 9.95. The van der Waals surface area contributed by atoms with Gasteiger partial charge in [-0.15, -0.1) is 0 Å². The fourth-order valence-electron chi connectivity index (χ4n) is 2.56. The van der Waals surface area contributed by atoms with Crippen LogP contribution < -0.4 is 10.5 Å². The van der Waals surface area contributed by atoms with Gasteiger partial charge in [-0.2, -0.15) is 4.98 Å². The summed E-state index contributed by atoms with van der Waals surface area (Å²) in [7, 11) is 0. The minimum atomic E-state index is -0.157. The van der Waals surface area contributed by atoms with Gasteiger partial charge in [-0.3, -0.25) is 0 Å². The molecule has 0 amide bonds. The third-order valence-electron chi connectivity index (χ3n) is 3.74. The van der Waals surface area contributed by atoms with Gasteiger partial charge >= 0.3 is 0 Å². The molecule has 2 unspecified atom stereocenters. The molecule has 0 spiro atoms. The van der Waals surface area contributed by atoms with Crippen molar-refractivity contribution in [1.29, 1.82) is 0 Å². The second-order valence-electron chi connectivity index (χ2n) is 7.08. The van der Waals surface area contributed by atoms with Crippen molar-refractivity contribution >= 4 is 5.82 Å². The molecule has 1 fully saturated rings. The zero-order valence-corrected chi connectivity index (χ0v) is 13.9. The summed E-state index contributed by atoms with van der Waals surface area (Å²) in [5.74, 6) is 1.82. The van der Waals surface area contributed by atoms with Gasteiger partial charge in [0.25, 0.3) is 0 Å². The van der Waals surface area contributed by atoms with E-state index in [-0.39, 0.29) is 23.7 Å². The number of nitrogen functional groups attached to an aromatic ring is 1. The SMILES string of the molecule is Cc1c(N)nc(C(C)(C)C)nc1OC1CC(C)OC(C)C1. The first-order valence-corrected chi connectivity index (χ1v) is 7.63. The monoisotopic (exact) mass is 293 g/mol. The summed E-state index contributed by atoms with van der Waals surface area (Å²) in [5, 5.41) is 0. The maximum atomic E-state index is 6.13. The van der Waals surface area contributed by atoms with Gasteiger partial charge in [-0.1, -0.05) is 20.8 Å². The standard InChI is InChI=1S/C16H27N3O2/c1-9-7-12(8-10(2)20-9)21-14-11(3)13(17)18-15(19-14)16(4,5)6/h9-10,12H,7-8H2,1-6H3,(H2,17,18,19). The molecule has 2 rings (SSSR count). The first-order valence-electron chi connectivity index (χ1n) is 7.63. The van der Waals surface area contributed by atoms with Crippen molar-refractivity contribution in [1.82, 2.24) is 9.97 Å². The molecule has 0 aliphatic carbocycles. The number of rotatable bonds is 2. The fraction of sp³-hybridized carbons (Fsp3) is 0.750. The molecule has 1 aromatic heterocycles. The minimum Gasteiger partial charge on any atom is -0.474 e. The van der Waals surface area contributed by atoms with Crippen LogP contribution in [0.5, 0.6) is 5.88 Å². The Labute approximate surface area is 127 Å². The second-order valence-corrected chi connectivity index (χ2v) is 7.08. The highest BCUT2D eigenvalue weighted by atomic mass is 16.5. The van der Waals surface area contributed by atoms with Crippen LogP contribution >= 0.6 is 0 Å². The molecule has 2 atom stereocenters. The number of nitrogens with zero attached hydrogens (tertiary/aromatic N) is 2. The van der Waals surface area contributed by atoms with Crippen LogP contribution in [0.4, 0.5) is 5.82 Å². The average molecular weight is 293 g/mol. The maximum absolute atomic E-state index is 6.13. The summed E-state index contributed by atoms with van der Waals surface area (Å²) in [6.07, 6.45) is 2.28. The Morgan fingerprint density at radius 2 is 1.71 bits per heavy atom. The number of anilines is 1. The second kappa shape index (κ2) is 5.79. The Bertz CT molecular complexity index is 501. The van der Waals surface area contributed by atoms with E-state index in [1.54, 1.807) is 0 Å². The molecule has 118 valence electrons. The summed E-state index contributed by atoms with van der Waals surface area (Å²) in [6.45, 7) is 12.3. The molecule has 1 aliphatic rings. The van der Waals surface area contributed by atoms with Crippen molar-refractivity contribution in [2.75, 3.05) is 5.73 Å². The van der Waals surface area contributed by atoms with Crippen LogP contribution in [0.1, 0.15) is 58.8 Å². The summed E-state index contributed by atoms with van der Waals surface area (Å²) < 4.78 is 11.9. The molecular formula is C16H27N3O2. The first kappa shape index (κ1) is 16.0. The van der Waals surface area contributed by atoms with Crippen LogP contribution in [0, 0.1) is 6.92 Å². The van der Waals surface area contributed by atoms with Crippen molar-refractivity contribution in [3.05, 3.63) is 11.4 Å². The quantitative estimate of drug-likeness (QED) is 0.907. The van der Waals surface area contributed by atoms with Crippen molar-refractivity contribution in [2.45, 2.75) is 78.1 Å². The van der Waals surface area contributed by atoms with Crippen LogP contribution in [-0.4, -0.2) is 28.3 Å². The molecule has 1 aliphatic heterocycles. The van der Waals surface area contributed by atoms with Crippen molar-refractivity contribution in [3.63, 3.8) is 0 Å². The van der Waals surface area contributed by atoms with E-state index in [0.29, 0.717) is 17.5 Å². The Balaban J connectivity index is 2.25. The molecule has 5 nitrogen and oxygen atoms in total. The Hall–Kier alpha value is -1.36. The lowest BCUT2D eigenvalue weighted by Crippen LogP contribution is -2.36. The molecule has 2 heterocycles. The lowest BCUT2D eigenvalue weighted by molar-refractivity contribution is -0.0731. The summed E-state index contributed by atoms with van der Waals surface area (Å²) in [6, 6.07) is 0. The van der Waals surface area contributed by atoms with Gasteiger partial charge < -0.3 is 15.2 Å². The van der Waals surface area contributed by atoms with Crippen LogP contribution in [-0.2, 0) is 10.2 Å². The van der Waals surface area contributed by atoms with Gasteiger partial charge in [0.2, 0.25) is 5.88 Å². The Morgan fingerprint density at radius 3 is 2.24 bits per heavy atom. The summed E-state index contributed by atoms with van der Waals surface area (Å²) in [4.78, 5) is 8.98. The smallest absolute Gasteiger partial charge is 0.222 e. The van der Waals surface area contributed by atoms with Gasteiger partial charge in [0.05, 0.1) is 17.8 Å². The predicted octanol–water partition coefficient (Wildman–Crippen LogP) is 3.00. The highest BCUT2D eigenvalue weighted by Crippen LogP contribution is 2.29. The topological polar surface area (TPSA) is 70.3 Å². The molecule has 5 heteroatoms.